The zero-order chi connectivity index (χ0) is 18.7. The van der Waals surface area contributed by atoms with Crippen LogP contribution in [0.15, 0.2) is 60.7 Å². The summed E-state index contributed by atoms with van der Waals surface area (Å²) in [4.78, 5) is 29.2. The highest BCUT2D eigenvalue weighted by atomic mass is 16.2. The molecule has 0 radical (unpaired) electrons. The van der Waals surface area contributed by atoms with E-state index in [-0.39, 0.29) is 11.9 Å². The number of rotatable bonds is 5. The molecule has 2 heterocycles. The molecule has 2 aliphatic rings. The maximum atomic E-state index is 13.0. The molecule has 2 saturated heterocycles. The number of benzene rings is 2. The van der Waals surface area contributed by atoms with Crippen LogP contribution in [-0.4, -0.2) is 46.9 Å². The van der Waals surface area contributed by atoms with Crippen molar-refractivity contribution in [1.29, 1.82) is 0 Å². The van der Waals surface area contributed by atoms with E-state index in [1.165, 1.54) is 10.5 Å². The summed E-state index contributed by atoms with van der Waals surface area (Å²) in [5, 5.41) is 2.99. The Balaban J connectivity index is 1.35. The quantitative estimate of drug-likeness (QED) is 0.831. The van der Waals surface area contributed by atoms with Crippen LogP contribution in [0.4, 0.5) is 4.79 Å². The minimum Gasteiger partial charge on any atom is -0.323 e. The number of likely N-dealkylation sites (tertiary alicyclic amines) is 1. The number of piperidine rings is 1. The molecule has 5 nitrogen and oxygen atoms in total. The third-order valence-corrected chi connectivity index (χ3v) is 5.70. The number of carbonyl (C=O) groups is 2. The predicted octanol–water partition coefficient (Wildman–Crippen LogP) is 2.82. The first-order valence-electron chi connectivity index (χ1n) is 9.61. The molecule has 0 saturated carbocycles. The molecular formula is C22H25N3O2. The topological polar surface area (TPSA) is 52.7 Å². The lowest BCUT2D eigenvalue weighted by Gasteiger charge is -2.37. The van der Waals surface area contributed by atoms with E-state index in [1.54, 1.807) is 0 Å². The van der Waals surface area contributed by atoms with Crippen LogP contribution in [-0.2, 0) is 17.8 Å². The van der Waals surface area contributed by atoms with Gasteiger partial charge in [-0.25, -0.2) is 4.79 Å². The predicted molar refractivity (Wildman–Crippen MR) is 104 cm³/mol. The van der Waals surface area contributed by atoms with E-state index in [1.807, 2.05) is 36.4 Å². The highest BCUT2D eigenvalue weighted by Gasteiger charge is 2.52. The van der Waals surface area contributed by atoms with Crippen molar-refractivity contribution in [2.24, 2.45) is 0 Å². The fourth-order valence-electron chi connectivity index (χ4n) is 4.01. The second-order valence-corrected chi connectivity index (χ2v) is 7.47. The van der Waals surface area contributed by atoms with E-state index in [0.29, 0.717) is 19.4 Å². The highest BCUT2D eigenvalue weighted by Crippen LogP contribution is 2.30. The van der Waals surface area contributed by atoms with E-state index in [0.717, 1.165) is 31.6 Å². The van der Waals surface area contributed by atoms with Crippen molar-refractivity contribution >= 4 is 11.9 Å². The second kappa shape index (κ2) is 7.53. The molecule has 2 aromatic rings. The van der Waals surface area contributed by atoms with Gasteiger partial charge in [-0.1, -0.05) is 60.7 Å². The van der Waals surface area contributed by atoms with Gasteiger partial charge in [-0.05, 0) is 30.4 Å². The molecule has 0 aliphatic carbocycles. The Morgan fingerprint density at radius 2 is 1.44 bits per heavy atom. The summed E-state index contributed by atoms with van der Waals surface area (Å²) in [6, 6.07) is 19.9. The van der Waals surface area contributed by atoms with Gasteiger partial charge in [-0.2, -0.15) is 0 Å². The molecule has 5 heteroatoms. The van der Waals surface area contributed by atoms with E-state index < -0.39 is 5.54 Å². The van der Waals surface area contributed by atoms with Crippen molar-refractivity contribution in [2.75, 3.05) is 19.6 Å². The minimum absolute atomic E-state index is 0.0703. The molecule has 2 aromatic carbocycles. The summed E-state index contributed by atoms with van der Waals surface area (Å²) in [7, 11) is 0. The Hall–Kier alpha value is -2.66. The molecule has 2 aliphatic heterocycles. The summed E-state index contributed by atoms with van der Waals surface area (Å²) < 4.78 is 0. The van der Waals surface area contributed by atoms with Crippen LogP contribution in [0.5, 0.6) is 0 Å². The van der Waals surface area contributed by atoms with Crippen LogP contribution in [0.25, 0.3) is 0 Å². The van der Waals surface area contributed by atoms with Gasteiger partial charge in [0.05, 0.1) is 6.54 Å². The van der Waals surface area contributed by atoms with Crippen LogP contribution >= 0.6 is 0 Å². The molecule has 0 unspecified atom stereocenters. The summed E-state index contributed by atoms with van der Waals surface area (Å²) in [5.74, 6) is -0.0703. The zero-order valence-electron chi connectivity index (χ0n) is 15.4. The normalized spacial score (nSPS) is 19.5. The third-order valence-electron chi connectivity index (χ3n) is 5.70. The molecule has 2 fully saturated rings. The van der Waals surface area contributed by atoms with Crippen molar-refractivity contribution < 1.29 is 9.59 Å². The Bertz CT molecular complexity index is 799. The lowest BCUT2D eigenvalue weighted by atomic mass is 9.87. The fraction of sp³-hybridized carbons (Fsp3) is 0.364. The molecule has 0 bridgehead atoms. The van der Waals surface area contributed by atoms with Crippen LogP contribution in [0.3, 0.4) is 0 Å². The first kappa shape index (κ1) is 17.7. The number of nitrogens with zero attached hydrogens (tertiary/aromatic N) is 2. The smallest absolute Gasteiger partial charge is 0.323 e. The molecule has 140 valence electrons. The van der Waals surface area contributed by atoms with Crippen LogP contribution in [0, 0.1) is 0 Å². The number of amides is 3. The van der Waals surface area contributed by atoms with E-state index in [2.05, 4.69) is 34.5 Å². The van der Waals surface area contributed by atoms with Gasteiger partial charge in [0.15, 0.2) is 0 Å². The van der Waals surface area contributed by atoms with Crippen LogP contribution < -0.4 is 5.32 Å². The van der Waals surface area contributed by atoms with Crippen molar-refractivity contribution in [3.05, 3.63) is 71.8 Å². The van der Waals surface area contributed by atoms with E-state index in [4.69, 9.17) is 0 Å². The summed E-state index contributed by atoms with van der Waals surface area (Å²) in [6.07, 6.45) is 2.36. The van der Waals surface area contributed by atoms with Gasteiger partial charge in [-0.3, -0.25) is 9.69 Å². The monoisotopic (exact) mass is 363 g/mol. The van der Waals surface area contributed by atoms with Gasteiger partial charge < -0.3 is 10.2 Å². The fourth-order valence-corrected chi connectivity index (χ4v) is 4.01. The zero-order valence-corrected chi connectivity index (χ0v) is 15.4. The van der Waals surface area contributed by atoms with Gasteiger partial charge in [-0.15, -0.1) is 0 Å². The Labute approximate surface area is 160 Å². The largest absolute Gasteiger partial charge is 0.325 e. The van der Waals surface area contributed by atoms with Gasteiger partial charge >= 0.3 is 6.03 Å². The number of hydrogen-bond donors (Lipinski definition) is 1. The maximum absolute atomic E-state index is 13.0. The average molecular weight is 363 g/mol. The lowest BCUT2D eigenvalue weighted by molar-refractivity contribution is -0.133. The molecule has 4 rings (SSSR count). The molecule has 0 aromatic heterocycles. The maximum Gasteiger partial charge on any atom is 0.325 e. The van der Waals surface area contributed by atoms with Crippen molar-refractivity contribution in [2.45, 2.75) is 31.3 Å². The van der Waals surface area contributed by atoms with Crippen molar-refractivity contribution in [3.63, 3.8) is 0 Å². The summed E-state index contributed by atoms with van der Waals surface area (Å²) in [5.41, 5.74) is 1.59. The molecule has 0 atom stereocenters. The summed E-state index contributed by atoms with van der Waals surface area (Å²) >= 11 is 0. The Kier molecular flexibility index (Phi) is 4.94. The van der Waals surface area contributed by atoms with Crippen LogP contribution in [0.1, 0.15) is 24.0 Å². The van der Waals surface area contributed by atoms with Gasteiger partial charge in [0, 0.05) is 19.6 Å². The Morgan fingerprint density at radius 1 is 0.852 bits per heavy atom. The molecule has 1 N–H and O–H groups in total. The second-order valence-electron chi connectivity index (χ2n) is 7.47. The Morgan fingerprint density at radius 3 is 2.07 bits per heavy atom. The molecule has 27 heavy (non-hydrogen) atoms. The molecular weight excluding hydrogens is 338 g/mol. The summed E-state index contributed by atoms with van der Waals surface area (Å²) in [6.45, 7) is 2.98. The number of urea groups is 1. The highest BCUT2D eigenvalue weighted by molar-refractivity contribution is 6.07. The lowest BCUT2D eigenvalue weighted by Crippen LogP contribution is -2.55. The van der Waals surface area contributed by atoms with Gasteiger partial charge in [0.2, 0.25) is 0 Å². The average Bonchev–Trinajstić information content (AvgIpc) is 2.93. The standard InChI is InChI=1S/C22H25N3O2/c26-20-22(23-21(27)25(20)17-19-9-5-2-6-10-19)12-15-24(16-13-22)14-11-18-7-3-1-4-8-18/h1-10H,11-17H2,(H,23,27). The van der Waals surface area contributed by atoms with Crippen LogP contribution in [0.2, 0.25) is 0 Å². The van der Waals surface area contributed by atoms with E-state index >= 15 is 0 Å². The molecule has 3 amide bonds. The minimum atomic E-state index is -0.713. The number of carbonyl (C=O) groups excluding carboxylic acids is 2. The van der Waals surface area contributed by atoms with Crippen molar-refractivity contribution in [3.8, 4) is 0 Å². The van der Waals surface area contributed by atoms with E-state index in [9.17, 15) is 9.59 Å². The van der Waals surface area contributed by atoms with Crippen molar-refractivity contribution in [1.82, 2.24) is 15.1 Å². The number of hydrogen-bond acceptors (Lipinski definition) is 3. The number of nitrogens with one attached hydrogen (secondary N) is 1. The first-order chi connectivity index (χ1) is 13.2. The number of imide groups is 1. The molecule has 1 spiro atoms. The SMILES string of the molecule is O=C1NC2(CCN(CCc3ccccc3)CC2)C(=O)N1Cc1ccccc1. The first-order valence-corrected chi connectivity index (χ1v) is 9.61. The van der Waals surface area contributed by atoms with Gasteiger partial charge in [0.1, 0.15) is 5.54 Å². The third kappa shape index (κ3) is 3.74. The van der Waals surface area contributed by atoms with Gasteiger partial charge in [0.25, 0.3) is 5.91 Å².